The maximum absolute atomic E-state index is 11.5. The minimum absolute atomic E-state index is 0.109. The smallest absolute Gasteiger partial charge is 0.316 e. The van der Waals surface area contributed by atoms with Gasteiger partial charge in [-0.2, -0.15) is 0 Å². The number of carbonyl (C=O) groups excluding carboxylic acids is 1. The summed E-state index contributed by atoms with van der Waals surface area (Å²) in [6, 6.07) is 0. The lowest BCUT2D eigenvalue weighted by atomic mass is 10.2. The van der Waals surface area contributed by atoms with Crippen LogP contribution in [0.3, 0.4) is 0 Å². The Morgan fingerprint density at radius 1 is 1.50 bits per heavy atom. The van der Waals surface area contributed by atoms with E-state index in [4.69, 9.17) is 21.4 Å². The Bertz CT molecular complexity index is 435. The van der Waals surface area contributed by atoms with Crippen molar-refractivity contribution in [3.05, 3.63) is 17.0 Å². The van der Waals surface area contributed by atoms with E-state index in [9.17, 15) is 4.79 Å². The maximum Gasteiger partial charge on any atom is 0.316 e. The van der Waals surface area contributed by atoms with Crippen LogP contribution in [0.25, 0.3) is 0 Å². The number of carbonyl (C=O) groups is 1. The molecule has 0 aromatic carbocycles. The van der Waals surface area contributed by atoms with Crippen molar-refractivity contribution in [2.24, 2.45) is 0 Å². The van der Waals surface area contributed by atoms with Gasteiger partial charge in [0.2, 0.25) is 0 Å². The van der Waals surface area contributed by atoms with Gasteiger partial charge in [0.1, 0.15) is 22.1 Å². The molecule has 0 aliphatic heterocycles. The number of rotatable bonds is 4. The molecule has 0 amide bonds. The van der Waals surface area contributed by atoms with Crippen molar-refractivity contribution in [2.75, 3.05) is 5.75 Å². The third-order valence-electron chi connectivity index (χ3n) is 1.76. The van der Waals surface area contributed by atoms with E-state index in [1.807, 2.05) is 0 Å². The zero-order valence-electron chi connectivity index (χ0n) is 10.4. The number of aliphatic hydroxyl groups is 1. The van der Waals surface area contributed by atoms with E-state index in [1.54, 1.807) is 20.8 Å². The highest BCUT2D eigenvalue weighted by molar-refractivity contribution is 7.99. The molecule has 0 radical (unpaired) electrons. The zero-order chi connectivity index (χ0) is 13.8. The van der Waals surface area contributed by atoms with E-state index in [0.717, 1.165) is 11.8 Å². The number of thioether (sulfide) groups is 1. The summed E-state index contributed by atoms with van der Waals surface area (Å²) in [4.78, 5) is 19.3. The topological polar surface area (TPSA) is 72.3 Å². The van der Waals surface area contributed by atoms with E-state index in [0.29, 0.717) is 10.6 Å². The van der Waals surface area contributed by atoms with E-state index in [-0.39, 0.29) is 23.5 Å². The van der Waals surface area contributed by atoms with Gasteiger partial charge in [0.25, 0.3) is 0 Å². The van der Waals surface area contributed by atoms with E-state index >= 15 is 0 Å². The van der Waals surface area contributed by atoms with Gasteiger partial charge < -0.3 is 9.84 Å². The standard InChI is InChI=1S/C11H15ClN2O3S/c1-11(2,3)17-8(16)5-18-10-7(4-15)9(12)13-6-14-10/h6,15H,4-5H2,1-3H3. The number of hydrogen-bond donors (Lipinski definition) is 1. The quantitative estimate of drug-likeness (QED) is 0.520. The Labute approximate surface area is 115 Å². The third kappa shape index (κ3) is 4.80. The molecule has 5 nitrogen and oxygen atoms in total. The van der Waals surface area contributed by atoms with E-state index in [2.05, 4.69) is 9.97 Å². The molecule has 0 aliphatic carbocycles. The molecule has 1 rings (SSSR count). The lowest BCUT2D eigenvalue weighted by Crippen LogP contribution is -2.25. The van der Waals surface area contributed by atoms with Crippen LogP contribution in [0.2, 0.25) is 5.15 Å². The second-order valence-electron chi connectivity index (χ2n) is 4.48. The molecule has 0 atom stereocenters. The summed E-state index contributed by atoms with van der Waals surface area (Å²) in [6.07, 6.45) is 1.29. The summed E-state index contributed by atoms with van der Waals surface area (Å²) in [5, 5.41) is 9.84. The van der Waals surface area contributed by atoms with Crippen LogP contribution in [0, 0.1) is 0 Å². The lowest BCUT2D eigenvalue weighted by molar-refractivity contribution is -0.151. The van der Waals surface area contributed by atoms with Crippen LogP contribution in [0.5, 0.6) is 0 Å². The molecule has 0 saturated carbocycles. The molecule has 0 fully saturated rings. The van der Waals surface area contributed by atoms with Crippen LogP contribution in [0.1, 0.15) is 26.3 Å². The minimum Gasteiger partial charge on any atom is -0.459 e. The predicted molar refractivity (Wildman–Crippen MR) is 69.5 cm³/mol. The van der Waals surface area contributed by atoms with Crippen molar-refractivity contribution in [1.82, 2.24) is 9.97 Å². The molecule has 1 heterocycles. The van der Waals surface area contributed by atoms with Crippen molar-refractivity contribution < 1.29 is 14.6 Å². The number of hydrogen-bond acceptors (Lipinski definition) is 6. The Morgan fingerprint density at radius 2 is 2.17 bits per heavy atom. The number of ether oxygens (including phenoxy) is 1. The average molecular weight is 291 g/mol. The molecule has 100 valence electrons. The summed E-state index contributed by atoms with van der Waals surface area (Å²) in [6.45, 7) is 5.14. The summed E-state index contributed by atoms with van der Waals surface area (Å²) >= 11 is 6.98. The molecule has 18 heavy (non-hydrogen) atoms. The van der Waals surface area contributed by atoms with Gasteiger partial charge in [0.05, 0.1) is 12.4 Å². The molecule has 0 aliphatic rings. The van der Waals surface area contributed by atoms with Crippen molar-refractivity contribution >= 4 is 29.3 Å². The first kappa shape index (κ1) is 15.2. The molecule has 0 spiro atoms. The van der Waals surface area contributed by atoms with Crippen LogP contribution in [-0.4, -0.2) is 32.4 Å². The number of halogens is 1. The zero-order valence-corrected chi connectivity index (χ0v) is 12.0. The fourth-order valence-corrected chi connectivity index (χ4v) is 2.15. The first-order valence-corrected chi connectivity index (χ1v) is 6.64. The summed E-state index contributed by atoms with van der Waals surface area (Å²) in [5.41, 5.74) is -0.0893. The Morgan fingerprint density at radius 3 is 2.72 bits per heavy atom. The van der Waals surface area contributed by atoms with Gasteiger partial charge in [0, 0.05) is 5.56 Å². The number of nitrogens with zero attached hydrogens (tertiary/aromatic N) is 2. The average Bonchev–Trinajstić information content (AvgIpc) is 2.24. The van der Waals surface area contributed by atoms with E-state index < -0.39 is 5.60 Å². The SMILES string of the molecule is CC(C)(C)OC(=O)CSc1ncnc(Cl)c1CO. The number of esters is 1. The third-order valence-corrected chi connectivity index (χ3v) is 3.09. The highest BCUT2D eigenvalue weighted by Gasteiger charge is 2.17. The maximum atomic E-state index is 11.5. The molecule has 1 aromatic rings. The van der Waals surface area contributed by atoms with Gasteiger partial charge in [-0.1, -0.05) is 23.4 Å². The summed E-state index contributed by atoms with van der Waals surface area (Å²) in [5.74, 6) is -0.233. The van der Waals surface area contributed by atoms with Crippen molar-refractivity contribution in [1.29, 1.82) is 0 Å². The fourth-order valence-electron chi connectivity index (χ4n) is 1.13. The highest BCUT2D eigenvalue weighted by Crippen LogP contribution is 2.25. The fraction of sp³-hybridized carbons (Fsp3) is 0.545. The molecule has 7 heteroatoms. The van der Waals surface area contributed by atoms with Gasteiger partial charge in [-0.15, -0.1) is 0 Å². The predicted octanol–water partition coefficient (Wildman–Crippen LogP) is 2.06. The van der Waals surface area contributed by atoms with Crippen LogP contribution >= 0.6 is 23.4 Å². The molecule has 1 aromatic heterocycles. The number of aliphatic hydroxyl groups excluding tert-OH is 1. The molecule has 1 N–H and O–H groups in total. The second-order valence-corrected chi connectivity index (χ2v) is 5.80. The molecular formula is C11H15ClN2O3S. The first-order valence-electron chi connectivity index (χ1n) is 5.28. The van der Waals surface area contributed by atoms with Crippen LogP contribution < -0.4 is 0 Å². The summed E-state index contributed by atoms with van der Waals surface area (Å²) in [7, 11) is 0. The first-order chi connectivity index (χ1) is 8.33. The molecule has 0 unspecified atom stereocenters. The van der Waals surface area contributed by atoms with E-state index in [1.165, 1.54) is 6.33 Å². The molecule has 0 saturated heterocycles. The van der Waals surface area contributed by atoms with Crippen molar-refractivity contribution in [3.63, 3.8) is 0 Å². The Balaban J connectivity index is 2.64. The monoisotopic (exact) mass is 290 g/mol. The van der Waals surface area contributed by atoms with Gasteiger partial charge in [0.15, 0.2) is 0 Å². The Kier molecular flexibility index (Phi) is 5.37. The van der Waals surface area contributed by atoms with Crippen LogP contribution in [0.15, 0.2) is 11.4 Å². The lowest BCUT2D eigenvalue weighted by Gasteiger charge is -2.19. The van der Waals surface area contributed by atoms with Crippen LogP contribution in [0.4, 0.5) is 0 Å². The normalized spacial score (nSPS) is 11.4. The number of aromatic nitrogens is 2. The van der Waals surface area contributed by atoms with Crippen LogP contribution in [-0.2, 0) is 16.1 Å². The summed E-state index contributed by atoms with van der Waals surface area (Å²) < 4.78 is 5.16. The van der Waals surface area contributed by atoms with Crippen molar-refractivity contribution in [3.8, 4) is 0 Å². The minimum atomic E-state index is -0.513. The van der Waals surface area contributed by atoms with Gasteiger partial charge in [-0.3, -0.25) is 4.79 Å². The van der Waals surface area contributed by atoms with Gasteiger partial charge in [-0.05, 0) is 20.8 Å². The highest BCUT2D eigenvalue weighted by atomic mass is 35.5. The Hall–Kier alpha value is -0.850. The molecular weight excluding hydrogens is 276 g/mol. The van der Waals surface area contributed by atoms with Gasteiger partial charge in [-0.25, -0.2) is 9.97 Å². The van der Waals surface area contributed by atoms with Gasteiger partial charge >= 0.3 is 5.97 Å². The second kappa shape index (κ2) is 6.36. The largest absolute Gasteiger partial charge is 0.459 e. The molecule has 0 bridgehead atoms. The van der Waals surface area contributed by atoms with Crippen molar-refractivity contribution in [2.45, 2.75) is 38.0 Å².